The molecule has 2 nitrogen and oxygen atoms in total. The summed E-state index contributed by atoms with van der Waals surface area (Å²) in [6.07, 6.45) is 0.222. The van der Waals surface area contributed by atoms with Crippen LogP contribution in [0.15, 0.2) is 0 Å². The van der Waals surface area contributed by atoms with E-state index in [4.69, 9.17) is 5.11 Å². The van der Waals surface area contributed by atoms with E-state index in [1.54, 1.807) is 6.92 Å². The van der Waals surface area contributed by atoms with Gasteiger partial charge >= 0.3 is 36.5 Å². The molecule has 1 N–H and O–H groups in total. The fraction of sp³-hybridized carbons (Fsp3) is 0.750. The molecule has 0 aromatic rings. The first-order chi connectivity index (χ1) is 3.27. The maximum absolute atomic E-state index is 9.37. The molecule has 0 aromatic carbocycles. The summed E-state index contributed by atoms with van der Waals surface area (Å²) in [5.74, 6) is -0.745. The van der Waals surface area contributed by atoms with Gasteiger partial charge in [0.1, 0.15) is 0 Å². The minimum absolute atomic E-state index is 0.222. The van der Waals surface area contributed by atoms with Crippen LogP contribution in [0.2, 0.25) is 4.43 Å². The first-order valence-corrected chi connectivity index (χ1v) is 7.69. The third-order valence-corrected chi connectivity index (χ3v) is 0.302. The molecule has 0 aliphatic carbocycles. The molecule has 0 saturated heterocycles. The van der Waals surface area contributed by atoms with E-state index in [0.29, 0.717) is 0 Å². The van der Waals surface area contributed by atoms with Gasteiger partial charge < -0.3 is 5.11 Å². The third kappa shape index (κ3) is 21.5. The second kappa shape index (κ2) is 9.64. The standard InChI is InChI=1S/C3H6O2.CH3.Hg/c1-2-3(4)5;;/h2H2,1H3,(H,4,5);1H3;. The number of hydrogen-bond donors (Lipinski definition) is 1. The molecule has 0 amide bonds. The summed E-state index contributed by atoms with van der Waals surface area (Å²) in [6, 6.07) is 0. The number of rotatable bonds is 1. The van der Waals surface area contributed by atoms with Gasteiger partial charge in [0.25, 0.3) is 0 Å². The van der Waals surface area contributed by atoms with Crippen LogP contribution in [-0.2, 0) is 30.9 Å². The Morgan fingerprint density at radius 2 is 1.86 bits per heavy atom. The average molecular weight is 290 g/mol. The summed E-state index contributed by atoms with van der Waals surface area (Å²) < 4.78 is 2.19. The van der Waals surface area contributed by atoms with Gasteiger partial charge in [0, 0.05) is 6.42 Å². The molecule has 39 valence electrons. The van der Waals surface area contributed by atoms with Crippen LogP contribution >= 0.6 is 0 Å². The van der Waals surface area contributed by atoms with Crippen molar-refractivity contribution >= 4 is 5.97 Å². The van der Waals surface area contributed by atoms with Crippen molar-refractivity contribution in [1.29, 1.82) is 0 Å². The molecule has 0 radical (unpaired) electrons. The molecule has 7 heavy (non-hydrogen) atoms. The average Bonchev–Trinajstić information content (AvgIpc) is 1.73. The van der Waals surface area contributed by atoms with Crippen molar-refractivity contribution in [3.63, 3.8) is 0 Å². The predicted octanol–water partition coefficient (Wildman–Crippen LogP) is 1.06. The molecule has 0 saturated carbocycles. The first kappa shape index (κ1) is 10.4. The monoisotopic (exact) mass is 291 g/mol. The van der Waals surface area contributed by atoms with Crippen molar-refractivity contribution < 1.29 is 36.0 Å². The molecular weight excluding hydrogens is 281 g/mol. The molecule has 0 aliphatic heterocycles. The third-order valence-electron chi connectivity index (χ3n) is 0.302. The van der Waals surface area contributed by atoms with E-state index in [0.717, 1.165) is 26.1 Å². The second-order valence-electron chi connectivity index (χ2n) is 0.747. The van der Waals surface area contributed by atoms with Gasteiger partial charge in [-0.25, -0.2) is 0 Å². The maximum atomic E-state index is 9.37. The molecule has 0 rings (SSSR count). The normalized spacial score (nSPS) is 6.29. The molecule has 0 bridgehead atoms. The number of carbonyl (C=O) groups is 1. The van der Waals surface area contributed by atoms with Crippen molar-refractivity contribution in [3.05, 3.63) is 0 Å². The Hall–Kier alpha value is 0.405. The SMILES string of the molecule is CCC(=O)O.[CH3][Hg]. The van der Waals surface area contributed by atoms with Gasteiger partial charge in [-0.1, -0.05) is 6.92 Å². The Labute approximate surface area is 59.9 Å². The molecule has 3 heteroatoms. The van der Waals surface area contributed by atoms with Gasteiger partial charge in [-0.2, -0.15) is 0 Å². The summed E-state index contributed by atoms with van der Waals surface area (Å²) in [5.41, 5.74) is 0. The van der Waals surface area contributed by atoms with Crippen molar-refractivity contribution in [3.8, 4) is 0 Å². The van der Waals surface area contributed by atoms with Crippen LogP contribution in [-0.4, -0.2) is 11.1 Å². The zero-order valence-corrected chi connectivity index (χ0v) is 10.3. The summed E-state index contributed by atoms with van der Waals surface area (Å²) >= 11 is 1.03. The van der Waals surface area contributed by atoms with Crippen LogP contribution in [0.5, 0.6) is 0 Å². The Balaban J connectivity index is 0. The Kier molecular flexibility index (Phi) is 14.3. The van der Waals surface area contributed by atoms with Crippen LogP contribution in [0.25, 0.3) is 0 Å². The molecule has 0 fully saturated rings. The Bertz CT molecular complexity index is 45.0. The fourth-order valence-corrected chi connectivity index (χ4v) is 0. The second-order valence-corrected chi connectivity index (χ2v) is 0.747. The zero-order chi connectivity index (χ0) is 6.28. The van der Waals surface area contributed by atoms with Crippen molar-refractivity contribution in [2.24, 2.45) is 0 Å². The number of carboxylic acids is 1. The van der Waals surface area contributed by atoms with Crippen LogP contribution in [0.4, 0.5) is 0 Å². The topological polar surface area (TPSA) is 37.3 Å². The molecular formula is C4H9HgO2. The van der Waals surface area contributed by atoms with Gasteiger partial charge in [-0.15, -0.1) is 0 Å². The Morgan fingerprint density at radius 1 is 1.71 bits per heavy atom. The zero-order valence-electron chi connectivity index (χ0n) is 4.77. The molecule has 0 aromatic heterocycles. The van der Waals surface area contributed by atoms with Crippen molar-refractivity contribution in [2.45, 2.75) is 17.8 Å². The van der Waals surface area contributed by atoms with E-state index in [1.165, 1.54) is 0 Å². The number of aliphatic carboxylic acids is 1. The van der Waals surface area contributed by atoms with Crippen LogP contribution in [0, 0.1) is 0 Å². The molecule has 0 aliphatic rings. The summed E-state index contributed by atoms with van der Waals surface area (Å²) in [7, 11) is 0. The Morgan fingerprint density at radius 3 is 1.86 bits per heavy atom. The first-order valence-electron chi connectivity index (χ1n) is 2.20. The summed E-state index contributed by atoms with van der Waals surface area (Å²) in [4.78, 5) is 9.37. The molecule has 0 atom stereocenters. The van der Waals surface area contributed by atoms with Crippen LogP contribution in [0.3, 0.4) is 0 Å². The van der Waals surface area contributed by atoms with Gasteiger partial charge in [0.2, 0.25) is 0 Å². The van der Waals surface area contributed by atoms with E-state index in [2.05, 4.69) is 4.43 Å². The van der Waals surface area contributed by atoms with Gasteiger partial charge in [-0.05, 0) is 0 Å². The molecule has 0 heterocycles. The fourth-order valence-electron chi connectivity index (χ4n) is 0. The number of hydrogen-bond acceptors (Lipinski definition) is 1. The van der Waals surface area contributed by atoms with Gasteiger partial charge in [0.15, 0.2) is 0 Å². The van der Waals surface area contributed by atoms with Gasteiger partial charge in [-0.3, -0.25) is 4.79 Å². The minimum atomic E-state index is -0.745. The van der Waals surface area contributed by atoms with Crippen molar-refractivity contribution in [2.75, 3.05) is 0 Å². The van der Waals surface area contributed by atoms with Crippen LogP contribution in [0.1, 0.15) is 13.3 Å². The number of carboxylic acid groups (broad SMARTS) is 1. The molecule has 0 unspecified atom stereocenters. The summed E-state index contributed by atoms with van der Waals surface area (Å²) in [6.45, 7) is 1.60. The van der Waals surface area contributed by atoms with E-state index in [9.17, 15) is 4.79 Å². The van der Waals surface area contributed by atoms with E-state index >= 15 is 0 Å². The van der Waals surface area contributed by atoms with Crippen LogP contribution < -0.4 is 0 Å². The van der Waals surface area contributed by atoms with Gasteiger partial charge in [0.05, 0.1) is 0 Å². The van der Waals surface area contributed by atoms with E-state index in [1.807, 2.05) is 0 Å². The van der Waals surface area contributed by atoms with E-state index in [-0.39, 0.29) is 6.42 Å². The quantitative estimate of drug-likeness (QED) is 0.733. The predicted molar refractivity (Wildman–Crippen MR) is 23.8 cm³/mol. The molecule has 0 spiro atoms. The van der Waals surface area contributed by atoms with E-state index < -0.39 is 5.97 Å². The van der Waals surface area contributed by atoms with Crippen molar-refractivity contribution in [1.82, 2.24) is 0 Å². The summed E-state index contributed by atoms with van der Waals surface area (Å²) in [5, 5.41) is 7.72.